The third kappa shape index (κ3) is 5.10. The Hall–Kier alpha value is -3.29. The van der Waals surface area contributed by atoms with Crippen molar-refractivity contribution in [1.29, 1.82) is 0 Å². The van der Waals surface area contributed by atoms with Crippen molar-refractivity contribution in [3.8, 4) is 17.2 Å². The van der Waals surface area contributed by atoms with Crippen LogP contribution in [0.4, 0.5) is 19.1 Å². The van der Waals surface area contributed by atoms with Crippen LogP contribution in [0.3, 0.4) is 0 Å². The molecule has 140 valence electrons. The van der Waals surface area contributed by atoms with Gasteiger partial charge in [0.05, 0.1) is 12.8 Å². The second kappa shape index (κ2) is 7.94. The van der Waals surface area contributed by atoms with Crippen molar-refractivity contribution in [1.82, 2.24) is 4.98 Å². The highest BCUT2D eigenvalue weighted by molar-refractivity contribution is 5.93. The predicted molar refractivity (Wildman–Crippen MR) is 92.3 cm³/mol. The van der Waals surface area contributed by atoms with E-state index in [4.69, 9.17) is 9.15 Å². The monoisotopic (exact) mass is 376 g/mol. The lowest BCUT2D eigenvalue weighted by molar-refractivity contribution is -0.167. The van der Waals surface area contributed by atoms with Gasteiger partial charge in [-0.15, -0.1) is 0 Å². The van der Waals surface area contributed by atoms with Crippen LogP contribution in [0.2, 0.25) is 0 Å². The summed E-state index contributed by atoms with van der Waals surface area (Å²) in [5, 5.41) is 1.61. The number of alkyl halides is 3. The van der Waals surface area contributed by atoms with Crippen LogP contribution in [0.15, 0.2) is 65.2 Å². The number of nitrogens with one attached hydrogen (secondary N) is 1. The minimum atomic E-state index is -4.99. The second-order valence-corrected chi connectivity index (χ2v) is 5.59. The average molecular weight is 376 g/mol. The van der Waals surface area contributed by atoms with Crippen LogP contribution in [0, 0.1) is 0 Å². The molecule has 3 rings (SSSR count). The van der Waals surface area contributed by atoms with Gasteiger partial charge >= 0.3 is 12.1 Å². The molecule has 1 N–H and O–H groups in total. The number of ether oxygens (including phenoxy) is 1. The summed E-state index contributed by atoms with van der Waals surface area (Å²) >= 11 is 0. The number of nitrogens with zero attached hydrogens (tertiary/aromatic N) is 1. The van der Waals surface area contributed by atoms with Gasteiger partial charge in [0.15, 0.2) is 0 Å². The summed E-state index contributed by atoms with van der Waals surface area (Å²) in [6.45, 7) is 0.510. The largest absolute Gasteiger partial charge is 0.493 e. The zero-order valence-corrected chi connectivity index (χ0v) is 14.0. The molecular weight excluding hydrogens is 361 g/mol. The Kier molecular flexibility index (Phi) is 5.44. The van der Waals surface area contributed by atoms with E-state index in [1.807, 2.05) is 30.3 Å². The Morgan fingerprint density at radius 1 is 1.07 bits per heavy atom. The van der Waals surface area contributed by atoms with E-state index in [1.165, 1.54) is 5.56 Å². The van der Waals surface area contributed by atoms with Crippen molar-refractivity contribution < 1.29 is 27.1 Å². The SMILES string of the molecule is O=C(Nc1cnc(-c2ccc(OCCc3ccccc3)cc2)o1)C(F)(F)F. The van der Waals surface area contributed by atoms with Gasteiger partial charge < -0.3 is 9.15 Å². The molecule has 0 radical (unpaired) electrons. The fraction of sp³-hybridized carbons (Fsp3) is 0.158. The molecule has 2 aromatic carbocycles. The number of amides is 1. The third-order valence-corrected chi connectivity index (χ3v) is 3.60. The molecule has 0 aliphatic rings. The van der Waals surface area contributed by atoms with Crippen molar-refractivity contribution >= 4 is 11.8 Å². The first kappa shape index (κ1) is 18.5. The molecule has 8 heteroatoms. The summed E-state index contributed by atoms with van der Waals surface area (Å²) in [5.74, 6) is -1.77. The molecule has 3 aromatic rings. The summed E-state index contributed by atoms with van der Waals surface area (Å²) in [6, 6.07) is 16.7. The van der Waals surface area contributed by atoms with Crippen LogP contribution in [0.1, 0.15) is 5.56 Å². The Morgan fingerprint density at radius 3 is 2.44 bits per heavy atom. The normalized spacial score (nSPS) is 11.2. The first-order valence-electron chi connectivity index (χ1n) is 8.03. The van der Waals surface area contributed by atoms with Gasteiger partial charge in [0, 0.05) is 12.0 Å². The molecular formula is C19H15F3N2O3. The maximum Gasteiger partial charge on any atom is 0.471 e. The molecule has 1 aromatic heterocycles. The summed E-state index contributed by atoms with van der Waals surface area (Å²) in [5.41, 5.74) is 1.71. The van der Waals surface area contributed by atoms with E-state index < -0.39 is 12.1 Å². The van der Waals surface area contributed by atoms with Gasteiger partial charge in [0.25, 0.3) is 0 Å². The zero-order chi connectivity index (χ0) is 19.3. The number of rotatable bonds is 6. The summed E-state index contributed by atoms with van der Waals surface area (Å²) < 4.78 is 47.5. The maximum absolute atomic E-state index is 12.2. The van der Waals surface area contributed by atoms with E-state index in [1.54, 1.807) is 29.6 Å². The highest BCUT2D eigenvalue weighted by Gasteiger charge is 2.39. The maximum atomic E-state index is 12.2. The standard InChI is InChI=1S/C19H15F3N2O3/c20-19(21,22)18(25)24-16-12-23-17(27-16)14-6-8-15(9-7-14)26-11-10-13-4-2-1-3-5-13/h1-9,12H,10-11H2,(H,24,25). The summed E-state index contributed by atoms with van der Waals surface area (Å²) in [7, 11) is 0. The molecule has 1 heterocycles. The summed E-state index contributed by atoms with van der Waals surface area (Å²) in [6.07, 6.45) is -3.21. The summed E-state index contributed by atoms with van der Waals surface area (Å²) in [4.78, 5) is 14.8. The highest BCUT2D eigenvalue weighted by atomic mass is 19.4. The highest BCUT2D eigenvalue weighted by Crippen LogP contribution is 2.25. The van der Waals surface area contributed by atoms with Crippen molar-refractivity contribution in [2.75, 3.05) is 11.9 Å². The van der Waals surface area contributed by atoms with Crippen LogP contribution in [-0.4, -0.2) is 23.7 Å². The Balaban J connectivity index is 1.56. The molecule has 0 aliphatic heterocycles. The van der Waals surface area contributed by atoms with E-state index in [0.717, 1.165) is 12.6 Å². The average Bonchev–Trinajstić information content (AvgIpc) is 3.11. The molecule has 0 unspecified atom stereocenters. The number of halogens is 3. The minimum absolute atomic E-state index is 0.0864. The number of aromatic nitrogens is 1. The lowest BCUT2D eigenvalue weighted by Gasteiger charge is -2.06. The lowest BCUT2D eigenvalue weighted by Crippen LogP contribution is -2.29. The van der Waals surface area contributed by atoms with Gasteiger partial charge in [0.1, 0.15) is 5.75 Å². The van der Waals surface area contributed by atoms with Gasteiger partial charge in [-0.1, -0.05) is 30.3 Å². The topological polar surface area (TPSA) is 64.4 Å². The molecule has 0 aliphatic carbocycles. The Morgan fingerprint density at radius 2 is 1.78 bits per heavy atom. The molecule has 0 bridgehead atoms. The number of carbonyl (C=O) groups excluding carboxylic acids is 1. The molecule has 0 saturated heterocycles. The van der Waals surface area contributed by atoms with E-state index in [9.17, 15) is 18.0 Å². The van der Waals surface area contributed by atoms with Crippen LogP contribution < -0.4 is 10.1 Å². The molecule has 0 saturated carbocycles. The number of carbonyl (C=O) groups is 1. The van der Waals surface area contributed by atoms with Crippen molar-refractivity contribution in [2.24, 2.45) is 0 Å². The first-order chi connectivity index (χ1) is 12.9. The fourth-order valence-corrected chi connectivity index (χ4v) is 2.27. The zero-order valence-electron chi connectivity index (χ0n) is 14.0. The molecule has 5 nitrogen and oxygen atoms in total. The van der Waals surface area contributed by atoms with Gasteiger partial charge in [-0.2, -0.15) is 13.2 Å². The predicted octanol–water partition coefficient (Wildman–Crippen LogP) is 4.46. The van der Waals surface area contributed by atoms with E-state index in [2.05, 4.69) is 4.98 Å². The number of oxazole rings is 1. The Labute approximate surface area is 152 Å². The van der Waals surface area contributed by atoms with E-state index >= 15 is 0 Å². The Bertz CT molecular complexity index is 891. The first-order valence-corrected chi connectivity index (χ1v) is 8.03. The van der Waals surface area contributed by atoms with Gasteiger partial charge in [-0.3, -0.25) is 10.1 Å². The van der Waals surface area contributed by atoms with Crippen molar-refractivity contribution in [3.63, 3.8) is 0 Å². The smallest absolute Gasteiger partial charge is 0.471 e. The van der Waals surface area contributed by atoms with Crippen LogP contribution in [0.25, 0.3) is 11.5 Å². The van der Waals surface area contributed by atoms with Gasteiger partial charge in [0.2, 0.25) is 11.8 Å². The fourth-order valence-electron chi connectivity index (χ4n) is 2.27. The second-order valence-electron chi connectivity index (χ2n) is 5.59. The molecule has 1 amide bonds. The quantitative estimate of drug-likeness (QED) is 0.690. The van der Waals surface area contributed by atoms with Gasteiger partial charge in [-0.05, 0) is 29.8 Å². The minimum Gasteiger partial charge on any atom is -0.493 e. The number of benzene rings is 2. The van der Waals surface area contributed by atoms with Crippen LogP contribution in [0.5, 0.6) is 5.75 Å². The van der Waals surface area contributed by atoms with E-state index in [-0.39, 0.29) is 11.8 Å². The van der Waals surface area contributed by atoms with Crippen LogP contribution in [-0.2, 0) is 11.2 Å². The number of anilines is 1. The third-order valence-electron chi connectivity index (χ3n) is 3.60. The molecule has 0 fully saturated rings. The van der Waals surface area contributed by atoms with Crippen molar-refractivity contribution in [3.05, 3.63) is 66.4 Å². The molecule has 27 heavy (non-hydrogen) atoms. The van der Waals surface area contributed by atoms with Gasteiger partial charge in [-0.25, -0.2) is 4.98 Å². The van der Waals surface area contributed by atoms with Crippen LogP contribution >= 0.6 is 0 Å². The van der Waals surface area contributed by atoms with E-state index in [0.29, 0.717) is 17.9 Å². The number of hydrogen-bond donors (Lipinski definition) is 1. The van der Waals surface area contributed by atoms with Crippen molar-refractivity contribution in [2.45, 2.75) is 12.6 Å². The molecule has 0 spiro atoms. The number of hydrogen-bond acceptors (Lipinski definition) is 4. The lowest BCUT2D eigenvalue weighted by atomic mass is 10.2. The molecule has 0 atom stereocenters.